The Hall–Kier alpha value is -2.34. The predicted octanol–water partition coefficient (Wildman–Crippen LogP) is 2.57. The lowest BCUT2D eigenvalue weighted by Gasteiger charge is -2.20. The van der Waals surface area contributed by atoms with Crippen LogP contribution in [0.25, 0.3) is 0 Å². The molecule has 2 rings (SSSR count). The lowest BCUT2D eigenvalue weighted by atomic mass is 10.1. The van der Waals surface area contributed by atoms with Crippen molar-refractivity contribution in [2.45, 2.75) is 13.3 Å². The number of carbonyl (C=O) groups is 1. The van der Waals surface area contributed by atoms with Gasteiger partial charge < -0.3 is 5.32 Å². The Morgan fingerprint density at radius 1 is 1.13 bits per heavy atom. The molecule has 0 fully saturated rings. The fourth-order valence-corrected chi connectivity index (χ4v) is 2.75. The summed E-state index contributed by atoms with van der Waals surface area (Å²) in [6.07, 6.45) is 1.36. The first-order valence-electron chi connectivity index (χ1n) is 7.15. The maximum Gasteiger partial charge on any atom is 0.232 e. The number of hydrogen-bond acceptors (Lipinski definition) is 3. The molecule has 0 radical (unpaired) electrons. The Kier molecular flexibility index (Phi) is 5.05. The molecular formula is C17H20N2O3S. The number of amides is 1. The first-order chi connectivity index (χ1) is 10.8. The molecule has 0 saturated carbocycles. The fraction of sp³-hybridized carbons (Fsp3) is 0.235. The average molecular weight is 332 g/mol. The molecule has 0 aliphatic heterocycles. The van der Waals surface area contributed by atoms with Gasteiger partial charge in [-0.05, 0) is 24.6 Å². The molecule has 0 aromatic heterocycles. The van der Waals surface area contributed by atoms with E-state index in [2.05, 4.69) is 5.32 Å². The van der Waals surface area contributed by atoms with E-state index < -0.39 is 10.0 Å². The Morgan fingerprint density at radius 2 is 1.83 bits per heavy atom. The summed E-state index contributed by atoms with van der Waals surface area (Å²) in [5.74, 6) is -0.190. The number of benzene rings is 2. The van der Waals surface area contributed by atoms with Crippen LogP contribution >= 0.6 is 0 Å². The molecule has 0 bridgehead atoms. The molecule has 2 aromatic carbocycles. The highest BCUT2D eigenvalue weighted by Crippen LogP contribution is 2.26. The Morgan fingerprint density at radius 3 is 2.48 bits per heavy atom. The van der Waals surface area contributed by atoms with Gasteiger partial charge in [0, 0.05) is 7.05 Å². The molecule has 0 saturated heterocycles. The molecule has 0 unspecified atom stereocenters. The van der Waals surface area contributed by atoms with Crippen molar-refractivity contribution in [2.24, 2.45) is 0 Å². The molecule has 2 aromatic rings. The Balaban J connectivity index is 2.19. The van der Waals surface area contributed by atoms with Crippen LogP contribution < -0.4 is 9.62 Å². The second-order valence-electron chi connectivity index (χ2n) is 5.46. The van der Waals surface area contributed by atoms with Crippen LogP contribution in [-0.2, 0) is 21.2 Å². The van der Waals surface area contributed by atoms with Gasteiger partial charge in [0.1, 0.15) is 0 Å². The molecule has 1 N–H and O–H groups in total. The number of nitrogens with zero attached hydrogens (tertiary/aromatic N) is 1. The van der Waals surface area contributed by atoms with Gasteiger partial charge in [0.25, 0.3) is 0 Å². The zero-order valence-electron chi connectivity index (χ0n) is 13.4. The summed E-state index contributed by atoms with van der Waals surface area (Å²) in [4.78, 5) is 12.2. The van der Waals surface area contributed by atoms with Crippen LogP contribution in [0.2, 0.25) is 0 Å². The van der Waals surface area contributed by atoms with Gasteiger partial charge in [-0.2, -0.15) is 0 Å². The van der Waals surface area contributed by atoms with Crippen molar-refractivity contribution in [1.29, 1.82) is 0 Å². The highest BCUT2D eigenvalue weighted by atomic mass is 32.2. The zero-order chi connectivity index (χ0) is 17.0. The average Bonchev–Trinajstić information content (AvgIpc) is 2.46. The number of carbonyl (C=O) groups excluding carboxylic acids is 1. The molecule has 6 heteroatoms. The van der Waals surface area contributed by atoms with Gasteiger partial charge in [-0.25, -0.2) is 8.42 Å². The molecule has 0 heterocycles. The summed E-state index contributed by atoms with van der Waals surface area (Å²) < 4.78 is 24.6. The van der Waals surface area contributed by atoms with Gasteiger partial charge in [-0.1, -0.05) is 42.0 Å². The molecule has 0 spiro atoms. The highest BCUT2D eigenvalue weighted by Gasteiger charge is 2.16. The highest BCUT2D eigenvalue weighted by molar-refractivity contribution is 7.92. The summed E-state index contributed by atoms with van der Waals surface area (Å²) >= 11 is 0. The molecule has 0 aliphatic carbocycles. The van der Waals surface area contributed by atoms with Crippen LogP contribution in [0, 0.1) is 6.92 Å². The van der Waals surface area contributed by atoms with Crippen molar-refractivity contribution < 1.29 is 13.2 Å². The van der Waals surface area contributed by atoms with Crippen LogP contribution in [0.4, 0.5) is 11.4 Å². The maximum atomic E-state index is 12.2. The number of sulfonamides is 1. The minimum atomic E-state index is -3.40. The molecule has 0 aliphatic rings. The van der Waals surface area contributed by atoms with E-state index in [1.54, 1.807) is 24.3 Å². The van der Waals surface area contributed by atoms with Gasteiger partial charge in [-0.3, -0.25) is 9.10 Å². The van der Waals surface area contributed by atoms with Crippen molar-refractivity contribution in [2.75, 3.05) is 22.9 Å². The fourth-order valence-electron chi connectivity index (χ4n) is 2.23. The monoisotopic (exact) mass is 332 g/mol. The lowest BCUT2D eigenvalue weighted by Crippen LogP contribution is -2.26. The smallest absolute Gasteiger partial charge is 0.232 e. The summed E-state index contributed by atoms with van der Waals surface area (Å²) in [6.45, 7) is 1.97. The standard InChI is InChI=1S/C17H20N2O3S/c1-13-7-6-8-14(11-13)12-17(20)18-15-9-4-5-10-16(15)19(2)23(3,21)22/h4-11H,12H2,1-3H3,(H,18,20). The normalized spacial score (nSPS) is 11.1. The van der Waals surface area contributed by atoms with E-state index >= 15 is 0 Å². The Bertz CT molecular complexity index is 816. The summed E-state index contributed by atoms with van der Waals surface area (Å²) in [6, 6.07) is 14.5. The van der Waals surface area contributed by atoms with Crippen molar-refractivity contribution >= 4 is 27.3 Å². The van der Waals surface area contributed by atoms with Crippen LogP contribution in [0.1, 0.15) is 11.1 Å². The topological polar surface area (TPSA) is 66.5 Å². The summed E-state index contributed by atoms with van der Waals surface area (Å²) in [5.41, 5.74) is 2.91. The second-order valence-corrected chi connectivity index (χ2v) is 7.48. The molecular weight excluding hydrogens is 312 g/mol. The van der Waals surface area contributed by atoms with Gasteiger partial charge in [0.15, 0.2) is 0 Å². The number of para-hydroxylation sites is 2. The number of hydrogen-bond donors (Lipinski definition) is 1. The first-order valence-corrected chi connectivity index (χ1v) is 9.00. The molecule has 23 heavy (non-hydrogen) atoms. The maximum absolute atomic E-state index is 12.2. The second kappa shape index (κ2) is 6.83. The van der Waals surface area contributed by atoms with Crippen LogP contribution in [0.3, 0.4) is 0 Å². The van der Waals surface area contributed by atoms with Crippen molar-refractivity contribution in [3.63, 3.8) is 0 Å². The minimum Gasteiger partial charge on any atom is -0.324 e. The number of rotatable bonds is 5. The number of anilines is 2. The van der Waals surface area contributed by atoms with E-state index in [0.717, 1.165) is 21.7 Å². The van der Waals surface area contributed by atoms with Gasteiger partial charge >= 0.3 is 0 Å². The van der Waals surface area contributed by atoms with Crippen molar-refractivity contribution in [3.05, 3.63) is 59.7 Å². The number of nitrogens with one attached hydrogen (secondary N) is 1. The third-order valence-corrected chi connectivity index (χ3v) is 4.65. The minimum absolute atomic E-state index is 0.190. The van der Waals surface area contributed by atoms with E-state index in [-0.39, 0.29) is 12.3 Å². The zero-order valence-corrected chi connectivity index (χ0v) is 14.2. The van der Waals surface area contributed by atoms with Crippen LogP contribution in [-0.4, -0.2) is 27.6 Å². The van der Waals surface area contributed by atoms with Gasteiger partial charge in [0.2, 0.25) is 15.9 Å². The third kappa shape index (κ3) is 4.56. The van der Waals surface area contributed by atoms with Crippen LogP contribution in [0.5, 0.6) is 0 Å². The van der Waals surface area contributed by atoms with E-state index in [4.69, 9.17) is 0 Å². The van der Waals surface area contributed by atoms with Gasteiger partial charge in [0.05, 0.1) is 24.1 Å². The van der Waals surface area contributed by atoms with E-state index in [1.165, 1.54) is 7.05 Å². The largest absolute Gasteiger partial charge is 0.324 e. The van der Waals surface area contributed by atoms with Crippen LogP contribution in [0.15, 0.2) is 48.5 Å². The molecule has 122 valence electrons. The van der Waals surface area contributed by atoms with Crippen molar-refractivity contribution in [1.82, 2.24) is 0 Å². The van der Waals surface area contributed by atoms with E-state index in [9.17, 15) is 13.2 Å². The van der Waals surface area contributed by atoms with Crippen molar-refractivity contribution in [3.8, 4) is 0 Å². The van der Waals surface area contributed by atoms with Gasteiger partial charge in [-0.15, -0.1) is 0 Å². The third-order valence-electron chi connectivity index (χ3n) is 3.46. The van der Waals surface area contributed by atoms with E-state index in [1.807, 2.05) is 31.2 Å². The summed E-state index contributed by atoms with van der Waals surface area (Å²) in [7, 11) is -1.94. The molecule has 5 nitrogen and oxygen atoms in total. The Labute approximate surface area is 137 Å². The van der Waals surface area contributed by atoms with E-state index in [0.29, 0.717) is 11.4 Å². The molecule has 0 atom stereocenters. The summed E-state index contributed by atoms with van der Waals surface area (Å²) in [5, 5.41) is 2.79. The quantitative estimate of drug-likeness (QED) is 0.915. The number of aryl methyl sites for hydroxylation is 1. The first kappa shape index (κ1) is 17.0. The lowest BCUT2D eigenvalue weighted by molar-refractivity contribution is -0.115. The molecule has 1 amide bonds. The predicted molar refractivity (Wildman–Crippen MR) is 93.2 cm³/mol. The SMILES string of the molecule is Cc1cccc(CC(=O)Nc2ccccc2N(C)S(C)(=O)=O)c1.